The van der Waals surface area contributed by atoms with Crippen LogP contribution in [0.4, 0.5) is 0 Å². The first kappa shape index (κ1) is 14.5. The van der Waals surface area contributed by atoms with Gasteiger partial charge < -0.3 is 9.64 Å². The van der Waals surface area contributed by atoms with E-state index < -0.39 is 0 Å². The summed E-state index contributed by atoms with van der Waals surface area (Å²) in [5.41, 5.74) is 4.34. The van der Waals surface area contributed by atoms with Crippen molar-refractivity contribution in [2.45, 2.75) is 25.3 Å². The lowest BCUT2D eigenvalue weighted by Gasteiger charge is -2.33. The fourth-order valence-corrected chi connectivity index (χ4v) is 4.17. The molecular weight excluding hydrogens is 314 g/mol. The molecule has 0 N–H and O–H groups in total. The molecule has 1 fully saturated rings. The maximum Gasteiger partial charge on any atom is 0.223 e. The van der Waals surface area contributed by atoms with Crippen LogP contribution in [-0.2, 0) is 11.2 Å². The van der Waals surface area contributed by atoms with Crippen molar-refractivity contribution in [3.63, 3.8) is 0 Å². The average Bonchev–Trinajstić information content (AvgIpc) is 3.24. The zero-order valence-electron chi connectivity index (χ0n) is 14.1. The second-order valence-electron chi connectivity index (χ2n) is 6.71. The number of likely N-dealkylation sites (tertiary alicyclic amines) is 1. The summed E-state index contributed by atoms with van der Waals surface area (Å²) < 4.78 is 7.47. The van der Waals surface area contributed by atoms with Gasteiger partial charge in [0.2, 0.25) is 5.91 Å². The van der Waals surface area contributed by atoms with Crippen LogP contribution in [0.5, 0.6) is 5.75 Å². The molecular formula is C20H19N3O2. The van der Waals surface area contributed by atoms with Crippen LogP contribution in [0.15, 0.2) is 42.5 Å². The number of aromatic nitrogens is 2. The van der Waals surface area contributed by atoms with Crippen LogP contribution < -0.4 is 4.74 Å². The maximum atomic E-state index is 12.4. The highest BCUT2D eigenvalue weighted by Crippen LogP contribution is 2.40. The minimum atomic E-state index is 0.0488. The molecule has 1 atom stereocenters. The number of carbonyl (C=O) groups is 1. The number of nitrogens with zero attached hydrogens (tertiary/aromatic N) is 3. The molecule has 0 saturated carbocycles. The summed E-state index contributed by atoms with van der Waals surface area (Å²) in [4.78, 5) is 14.5. The first-order valence-corrected chi connectivity index (χ1v) is 8.70. The standard InChI is InChI=1S/C20H19N3O2/c1-25-13-8-9-17-15(11-13)18(22-10-4-7-20(22)24)12-19-14-5-2-3-6-16(14)21-23(17)19/h2-3,5-6,8-9,11,18H,4,7,10,12H2,1H3. The minimum absolute atomic E-state index is 0.0488. The molecule has 0 spiro atoms. The van der Waals surface area contributed by atoms with E-state index in [1.54, 1.807) is 7.11 Å². The second-order valence-corrected chi connectivity index (χ2v) is 6.71. The molecule has 3 heterocycles. The highest BCUT2D eigenvalue weighted by Gasteiger charge is 2.35. The van der Waals surface area contributed by atoms with Crippen molar-refractivity contribution in [3.8, 4) is 11.4 Å². The van der Waals surface area contributed by atoms with Gasteiger partial charge in [0.1, 0.15) is 5.75 Å². The van der Waals surface area contributed by atoms with Gasteiger partial charge in [-0.2, -0.15) is 5.10 Å². The van der Waals surface area contributed by atoms with Crippen LogP contribution in [0.25, 0.3) is 16.6 Å². The van der Waals surface area contributed by atoms with Gasteiger partial charge in [-0.25, -0.2) is 4.68 Å². The van der Waals surface area contributed by atoms with E-state index in [1.807, 2.05) is 33.8 Å². The second kappa shape index (κ2) is 5.34. The maximum absolute atomic E-state index is 12.4. The molecule has 1 aromatic heterocycles. The lowest BCUT2D eigenvalue weighted by Crippen LogP contribution is -2.34. The molecule has 3 aromatic rings. The van der Waals surface area contributed by atoms with E-state index in [0.29, 0.717) is 6.42 Å². The largest absolute Gasteiger partial charge is 0.497 e. The van der Waals surface area contributed by atoms with Gasteiger partial charge in [-0.05, 0) is 30.7 Å². The molecule has 2 aromatic carbocycles. The zero-order valence-corrected chi connectivity index (χ0v) is 14.1. The average molecular weight is 333 g/mol. The van der Waals surface area contributed by atoms with Crippen LogP contribution in [0.1, 0.15) is 30.1 Å². The molecule has 0 aliphatic carbocycles. The van der Waals surface area contributed by atoms with Crippen molar-refractivity contribution in [1.29, 1.82) is 0 Å². The summed E-state index contributed by atoms with van der Waals surface area (Å²) in [7, 11) is 1.67. The van der Waals surface area contributed by atoms with Crippen molar-refractivity contribution in [2.24, 2.45) is 0 Å². The number of methoxy groups -OCH3 is 1. The van der Waals surface area contributed by atoms with Gasteiger partial charge in [-0.1, -0.05) is 18.2 Å². The normalized spacial score (nSPS) is 19.2. The first-order valence-electron chi connectivity index (χ1n) is 8.70. The fourth-order valence-electron chi connectivity index (χ4n) is 4.17. The zero-order chi connectivity index (χ0) is 17.0. The van der Waals surface area contributed by atoms with Crippen LogP contribution in [0, 0.1) is 0 Å². The Labute approximate surface area is 145 Å². The molecule has 25 heavy (non-hydrogen) atoms. The summed E-state index contributed by atoms with van der Waals surface area (Å²) >= 11 is 0. The smallest absolute Gasteiger partial charge is 0.223 e. The van der Waals surface area contributed by atoms with Crippen LogP contribution in [0.3, 0.4) is 0 Å². The van der Waals surface area contributed by atoms with Crippen LogP contribution >= 0.6 is 0 Å². The Hall–Kier alpha value is -2.82. The van der Waals surface area contributed by atoms with E-state index in [4.69, 9.17) is 9.84 Å². The predicted octanol–water partition coefficient (Wildman–Crippen LogP) is 3.25. The SMILES string of the molecule is COc1ccc2c(c1)C(N1CCCC1=O)Cc1c3ccccc3nn1-2. The van der Waals surface area contributed by atoms with Gasteiger partial charge in [-0.3, -0.25) is 4.79 Å². The number of fused-ring (bicyclic) bond motifs is 5. The summed E-state index contributed by atoms with van der Waals surface area (Å²) in [6.07, 6.45) is 2.37. The molecule has 1 amide bonds. The predicted molar refractivity (Wildman–Crippen MR) is 95.0 cm³/mol. The highest BCUT2D eigenvalue weighted by atomic mass is 16.5. The summed E-state index contributed by atoms with van der Waals surface area (Å²) in [5.74, 6) is 1.06. The third kappa shape index (κ3) is 2.08. The molecule has 5 heteroatoms. The van der Waals surface area contributed by atoms with Gasteiger partial charge in [0.25, 0.3) is 0 Å². The Balaban J connectivity index is 1.75. The van der Waals surface area contributed by atoms with Gasteiger partial charge in [0.05, 0.1) is 30.0 Å². The molecule has 1 saturated heterocycles. The van der Waals surface area contributed by atoms with Gasteiger partial charge in [-0.15, -0.1) is 0 Å². The quantitative estimate of drug-likeness (QED) is 0.723. The van der Waals surface area contributed by atoms with E-state index in [2.05, 4.69) is 18.2 Å². The van der Waals surface area contributed by atoms with E-state index in [0.717, 1.165) is 41.9 Å². The Morgan fingerprint density at radius 3 is 2.88 bits per heavy atom. The lowest BCUT2D eigenvalue weighted by atomic mass is 9.93. The van der Waals surface area contributed by atoms with Crippen molar-refractivity contribution in [1.82, 2.24) is 14.7 Å². The lowest BCUT2D eigenvalue weighted by molar-refractivity contribution is -0.129. The summed E-state index contributed by atoms with van der Waals surface area (Å²) in [6.45, 7) is 0.826. The van der Waals surface area contributed by atoms with Gasteiger partial charge >= 0.3 is 0 Å². The van der Waals surface area contributed by atoms with Gasteiger partial charge in [0.15, 0.2) is 0 Å². The van der Waals surface area contributed by atoms with E-state index in [1.165, 1.54) is 11.1 Å². The van der Waals surface area contributed by atoms with Crippen molar-refractivity contribution < 1.29 is 9.53 Å². The third-order valence-corrected chi connectivity index (χ3v) is 5.37. The Bertz CT molecular complexity index is 992. The molecule has 2 aliphatic heterocycles. The highest BCUT2D eigenvalue weighted by molar-refractivity contribution is 5.84. The molecule has 5 nitrogen and oxygen atoms in total. The van der Waals surface area contributed by atoms with E-state index in [-0.39, 0.29) is 11.9 Å². The van der Waals surface area contributed by atoms with E-state index >= 15 is 0 Å². The molecule has 0 radical (unpaired) electrons. The van der Waals surface area contributed by atoms with Crippen LogP contribution in [-0.4, -0.2) is 34.2 Å². The van der Waals surface area contributed by atoms with E-state index in [9.17, 15) is 4.79 Å². The van der Waals surface area contributed by atoms with Crippen molar-refractivity contribution in [2.75, 3.05) is 13.7 Å². The molecule has 1 unspecified atom stereocenters. The molecule has 5 rings (SSSR count). The number of ether oxygens (including phenoxy) is 1. The number of carbonyl (C=O) groups excluding carboxylic acids is 1. The van der Waals surface area contributed by atoms with Crippen LogP contribution in [0.2, 0.25) is 0 Å². The van der Waals surface area contributed by atoms with Gasteiger partial charge in [0, 0.05) is 30.3 Å². The van der Waals surface area contributed by atoms with Crippen molar-refractivity contribution in [3.05, 3.63) is 53.7 Å². The molecule has 126 valence electrons. The fraction of sp³-hybridized carbons (Fsp3) is 0.300. The Kier molecular flexibility index (Phi) is 3.10. The number of hydrogen-bond acceptors (Lipinski definition) is 3. The summed E-state index contributed by atoms with van der Waals surface area (Å²) in [5, 5.41) is 5.97. The minimum Gasteiger partial charge on any atom is -0.497 e. The molecule has 2 aliphatic rings. The van der Waals surface area contributed by atoms with Crippen molar-refractivity contribution >= 4 is 16.8 Å². The topological polar surface area (TPSA) is 47.4 Å². The summed E-state index contributed by atoms with van der Waals surface area (Å²) in [6, 6.07) is 14.3. The Morgan fingerprint density at radius 2 is 2.08 bits per heavy atom. The number of amides is 1. The monoisotopic (exact) mass is 333 g/mol. The third-order valence-electron chi connectivity index (χ3n) is 5.37. The Morgan fingerprint density at radius 1 is 1.20 bits per heavy atom. The number of benzene rings is 2. The number of rotatable bonds is 2. The first-order chi connectivity index (χ1) is 12.3. The molecule has 0 bridgehead atoms. The number of hydrogen-bond donors (Lipinski definition) is 0.